The third-order valence-electron chi connectivity index (χ3n) is 4.75. The van der Waals surface area contributed by atoms with Crippen molar-refractivity contribution in [1.29, 1.82) is 0 Å². The average Bonchev–Trinajstić information content (AvgIpc) is 3.13. The Labute approximate surface area is 182 Å². The van der Waals surface area contributed by atoms with E-state index in [0.717, 1.165) is 20.7 Å². The van der Waals surface area contributed by atoms with Crippen molar-refractivity contribution < 1.29 is 14.3 Å². The summed E-state index contributed by atoms with van der Waals surface area (Å²) in [4.78, 5) is 32.2. The monoisotopic (exact) mass is 435 g/mol. The first kappa shape index (κ1) is 20.8. The number of rotatable bonds is 7. The lowest BCUT2D eigenvalue weighted by Gasteiger charge is -2.12. The van der Waals surface area contributed by atoms with E-state index in [0.29, 0.717) is 34.7 Å². The molecule has 2 aromatic heterocycles. The summed E-state index contributed by atoms with van der Waals surface area (Å²) in [5, 5.41) is 0.487. The molecule has 2 heterocycles. The highest BCUT2D eigenvalue weighted by Gasteiger charge is 2.19. The van der Waals surface area contributed by atoms with Crippen LogP contribution < -0.4 is 15.7 Å². The van der Waals surface area contributed by atoms with Crippen molar-refractivity contribution >= 4 is 27.5 Å². The van der Waals surface area contributed by atoms with Gasteiger partial charge in [0.05, 0.1) is 17.6 Å². The summed E-state index contributed by atoms with van der Waals surface area (Å²) in [7, 11) is 1.58. The Hall–Kier alpha value is -3.49. The highest BCUT2D eigenvalue weighted by atomic mass is 32.1. The molecule has 1 N–H and O–H groups in total. The molecule has 1 amide bonds. The molecule has 31 heavy (non-hydrogen) atoms. The number of hydrogen-bond donors (Lipinski definition) is 1. The van der Waals surface area contributed by atoms with Gasteiger partial charge in [-0.15, -0.1) is 11.3 Å². The molecule has 7 nitrogen and oxygen atoms in total. The second-order valence-corrected chi connectivity index (χ2v) is 7.98. The number of nitrogens with one attached hydrogen (secondary N) is 1. The second-order valence-electron chi connectivity index (χ2n) is 6.78. The van der Waals surface area contributed by atoms with Crippen molar-refractivity contribution in [3.63, 3.8) is 0 Å². The maximum atomic E-state index is 13.3. The first-order chi connectivity index (χ1) is 15.1. The Morgan fingerprint density at radius 3 is 2.61 bits per heavy atom. The fourth-order valence-corrected chi connectivity index (χ4v) is 4.32. The number of para-hydroxylation sites is 1. The van der Waals surface area contributed by atoms with Gasteiger partial charge in [0.1, 0.15) is 23.5 Å². The van der Waals surface area contributed by atoms with Crippen LogP contribution in [-0.4, -0.2) is 35.9 Å². The van der Waals surface area contributed by atoms with Gasteiger partial charge in [-0.3, -0.25) is 15.0 Å². The predicted molar refractivity (Wildman–Crippen MR) is 122 cm³/mol. The van der Waals surface area contributed by atoms with Crippen LogP contribution in [0.3, 0.4) is 0 Å². The quantitative estimate of drug-likeness (QED) is 0.446. The smallest absolute Gasteiger partial charge is 0.281 e. The number of aryl methyl sites for hydroxylation is 1. The summed E-state index contributed by atoms with van der Waals surface area (Å²) in [6.45, 7) is 2.67. The fraction of sp³-hybridized carbons (Fsp3) is 0.174. The lowest BCUT2D eigenvalue weighted by molar-refractivity contribution is 0.0998. The number of carbonyl (C=O) groups excluding carboxylic acids is 1. The Bertz CT molecular complexity index is 1280. The Balaban J connectivity index is 1.70. The van der Waals surface area contributed by atoms with Gasteiger partial charge < -0.3 is 9.47 Å². The predicted octanol–water partition coefficient (Wildman–Crippen LogP) is 3.84. The molecule has 0 spiro atoms. The van der Waals surface area contributed by atoms with Crippen molar-refractivity contribution in [3.05, 3.63) is 81.7 Å². The van der Waals surface area contributed by atoms with Crippen LogP contribution in [0, 0.1) is 6.92 Å². The lowest BCUT2D eigenvalue weighted by atomic mass is 10.0. The van der Waals surface area contributed by atoms with Gasteiger partial charge in [-0.2, -0.15) is 0 Å². The minimum atomic E-state index is -0.468. The number of benzene rings is 2. The summed E-state index contributed by atoms with van der Waals surface area (Å²) in [5.74, 6) is -0.0556. The zero-order valence-corrected chi connectivity index (χ0v) is 17.9. The molecule has 0 fully saturated rings. The molecule has 2 aromatic carbocycles. The molecule has 0 aliphatic carbocycles. The number of amides is 1. The Morgan fingerprint density at radius 2 is 1.84 bits per heavy atom. The van der Waals surface area contributed by atoms with Crippen molar-refractivity contribution in [1.82, 2.24) is 9.66 Å². The standard InChI is InChI=1S/C23H21N3O4S/c1-15-19(16-8-4-3-5-9-16)20-22(31-15)24-14-26(23(20)28)25-21(27)17-10-6-7-11-18(17)30-13-12-29-2/h3-11,14H,12-13H2,1-2H3,(H,25,27). The molecule has 4 aromatic rings. The first-order valence-electron chi connectivity index (χ1n) is 9.68. The average molecular weight is 436 g/mol. The maximum Gasteiger partial charge on any atom is 0.281 e. The van der Waals surface area contributed by atoms with Gasteiger partial charge in [-0.05, 0) is 24.6 Å². The maximum absolute atomic E-state index is 13.3. The van der Waals surface area contributed by atoms with E-state index >= 15 is 0 Å². The van der Waals surface area contributed by atoms with E-state index in [-0.39, 0.29) is 5.56 Å². The zero-order chi connectivity index (χ0) is 21.8. The third kappa shape index (κ3) is 4.21. The number of nitrogens with zero attached hydrogens (tertiary/aromatic N) is 2. The van der Waals surface area contributed by atoms with Crippen LogP contribution in [0.1, 0.15) is 15.2 Å². The van der Waals surface area contributed by atoms with E-state index in [2.05, 4.69) is 10.4 Å². The second kappa shape index (κ2) is 9.11. The molecule has 4 rings (SSSR count). The summed E-state index contributed by atoms with van der Waals surface area (Å²) >= 11 is 1.46. The number of aromatic nitrogens is 2. The molecule has 0 bridgehead atoms. The highest BCUT2D eigenvalue weighted by molar-refractivity contribution is 7.19. The zero-order valence-electron chi connectivity index (χ0n) is 17.1. The van der Waals surface area contributed by atoms with E-state index < -0.39 is 5.91 Å². The number of ether oxygens (including phenoxy) is 2. The summed E-state index contributed by atoms with van der Waals surface area (Å²) in [6, 6.07) is 16.5. The highest BCUT2D eigenvalue weighted by Crippen LogP contribution is 2.35. The third-order valence-corrected chi connectivity index (χ3v) is 5.76. The van der Waals surface area contributed by atoms with Crippen LogP contribution in [-0.2, 0) is 4.74 Å². The summed E-state index contributed by atoms with van der Waals surface area (Å²) in [5.41, 5.74) is 4.39. The van der Waals surface area contributed by atoms with Gasteiger partial charge in [0.2, 0.25) is 0 Å². The van der Waals surface area contributed by atoms with Gasteiger partial charge >= 0.3 is 0 Å². The van der Waals surface area contributed by atoms with Crippen LogP contribution in [0.4, 0.5) is 0 Å². The molecular weight excluding hydrogens is 414 g/mol. The minimum Gasteiger partial charge on any atom is -0.490 e. The van der Waals surface area contributed by atoms with E-state index in [4.69, 9.17) is 9.47 Å². The topological polar surface area (TPSA) is 82.4 Å². The van der Waals surface area contributed by atoms with Crippen LogP contribution in [0.25, 0.3) is 21.3 Å². The van der Waals surface area contributed by atoms with Crippen molar-refractivity contribution in [2.75, 3.05) is 25.7 Å². The lowest BCUT2D eigenvalue weighted by Crippen LogP contribution is -2.33. The van der Waals surface area contributed by atoms with Crippen molar-refractivity contribution in [2.45, 2.75) is 6.92 Å². The van der Waals surface area contributed by atoms with Gasteiger partial charge in [0, 0.05) is 17.6 Å². The first-order valence-corrected chi connectivity index (χ1v) is 10.5. The normalized spacial score (nSPS) is 10.9. The van der Waals surface area contributed by atoms with Crippen molar-refractivity contribution in [2.24, 2.45) is 0 Å². The molecule has 0 saturated carbocycles. The van der Waals surface area contributed by atoms with E-state index in [1.54, 1.807) is 31.4 Å². The van der Waals surface area contributed by atoms with Gasteiger partial charge in [0.25, 0.3) is 11.5 Å². The van der Waals surface area contributed by atoms with Crippen LogP contribution >= 0.6 is 11.3 Å². The van der Waals surface area contributed by atoms with E-state index in [1.165, 1.54) is 17.7 Å². The molecule has 0 aliphatic rings. The molecular formula is C23H21N3O4S. The van der Waals surface area contributed by atoms with Gasteiger partial charge in [-0.1, -0.05) is 42.5 Å². The molecule has 0 unspecified atom stereocenters. The Morgan fingerprint density at radius 1 is 1.10 bits per heavy atom. The molecule has 0 saturated heterocycles. The Kier molecular flexibility index (Phi) is 6.11. The van der Waals surface area contributed by atoms with Gasteiger partial charge in [0.15, 0.2) is 0 Å². The SMILES string of the molecule is COCCOc1ccccc1C(=O)Nn1cnc2sc(C)c(-c3ccccc3)c2c1=O. The van der Waals surface area contributed by atoms with Crippen LogP contribution in [0.15, 0.2) is 65.7 Å². The molecule has 0 aliphatic heterocycles. The number of fused-ring (bicyclic) bond motifs is 1. The van der Waals surface area contributed by atoms with Gasteiger partial charge in [-0.25, -0.2) is 9.66 Å². The molecule has 0 radical (unpaired) electrons. The summed E-state index contributed by atoms with van der Waals surface area (Å²) < 4.78 is 11.7. The number of methoxy groups -OCH3 is 1. The fourth-order valence-electron chi connectivity index (χ4n) is 3.32. The molecule has 8 heteroatoms. The number of carbonyl (C=O) groups is 1. The van der Waals surface area contributed by atoms with Crippen LogP contribution in [0.2, 0.25) is 0 Å². The van der Waals surface area contributed by atoms with E-state index in [9.17, 15) is 9.59 Å². The minimum absolute atomic E-state index is 0.308. The van der Waals surface area contributed by atoms with Crippen molar-refractivity contribution in [3.8, 4) is 16.9 Å². The summed E-state index contributed by atoms with van der Waals surface area (Å²) in [6.07, 6.45) is 1.33. The number of thiophene rings is 1. The molecule has 0 atom stereocenters. The molecule has 158 valence electrons. The number of hydrogen-bond acceptors (Lipinski definition) is 6. The largest absolute Gasteiger partial charge is 0.490 e. The van der Waals surface area contributed by atoms with Crippen LogP contribution in [0.5, 0.6) is 5.75 Å². The van der Waals surface area contributed by atoms with E-state index in [1.807, 2.05) is 37.3 Å².